The molecule has 5 nitrogen and oxygen atoms in total. The van der Waals surface area contributed by atoms with Crippen molar-refractivity contribution in [1.82, 2.24) is 10.5 Å². The second-order valence-electron chi connectivity index (χ2n) is 5.96. The fraction of sp³-hybridized carbons (Fsp3) is 0.200. The summed E-state index contributed by atoms with van der Waals surface area (Å²) in [6, 6.07) is 19.8. The van der Waals surface area contributed by atoms with Crippen LogP contribution in [0.1, 0.15) is 31.1 Å². The first-order valence-electron chi connectivity index (χ1n) is 8.24. The zero-order valence-corrected chi connectivity index (χ0v) is 14.3. The van der Waals surface area contributed by atoms with Crippen LogP contribution in [0.15, 0.2) is 65.2 Å². The van der Waals surface area contributed by atoms with Crippen LogP contribution in [0.2, 0.25) is 0 Å². The predicted molar refractivity (Wildman–Crippen MR) is 97.9 cm³/mol. The van der Waals surface area contributed by atoms with E-state index in [1.165, 1.54) is 6.92 Å². The Morgan fingerprint density at radius 2 is 1.92 bits per heavy atom. The number of benzene rings is 2. The molecule has 0 unspecified atom stereocenters. The van der Waals surface area contributed by atoms with Crippen molar-refractivity contribution in [2.45, 2.75) is 26.4 Å². The first kappa shape index (κ1) is 16.9. The molecule has 0 fully saturated rings. The van der Waals surface area contributed by atoms with E-state index >= 15 is 0 Å². The molecular weight excluding hydrogens is 314 g/mol. The van der Waals surface area contributed by atoms with Gasteiger partial charge in [0.2, 0.25) is 5.91 Å². The second kappa shape index (κ2) is 7.77. The molecule has 0 saturated heterocycles. The van der Waals surface area contributed by atoms with E-state index in [9.17, 15) is 4.79 Å². The zero-order chi connectivity index (χ0) is 17.6. The molecule has 1 atom stereocenters. The summed E-state index contributed by atoms with van der Waals surface area (Å²) in [6.07, 6.45) is 0. The van der Waals surface area contributed by atoms with E-state index in [1.807, 2.05) is 60.7 Å². The van der Waals surface area contributed by atoms with Crippen LogP contribution in [0.3, 0.4) is 0 Å². The zero-order valence-electron chi connectivity index (χ0n) is 14.3. The highest BCUT2D eigenvalue weighted by Gasteiger charge is 2.10. The van der Waals surface area contributed by atoms with E-state index in [1.54, 1.807) is 0 Å². The highest BCUT2D eigenvalue weighted by atomic mass is 16.5. The third kappa shape index (κ3) is 4.55. The maximum Gasteiger partial charge on any atom is 0.221 e. The fourth-order valence-corrected chi connectivity index (χ4v) is 2.60. The number of carbonyl (C=O) groups is 1. The molecule has 0 aliphatic carbocycles. The summed E-state index contributed by atoms with van der Waals surface area (Å²) in [7, 11) is 0. The van der Waals surface area contributed by atoms with Crippen LogP contribution in [-0.2, 0) is 11.3 Å². The maximum absolute atomic E-state index is 11.2. The van der Waals surface area contributed by atoms with Gasteiger partial charge in [-0.05, 0) is 24.6 Å². The van der Waals surface area contributed by atoms with E-state index in [0.29, 0.717) is 6.54 Å². The lowest BCUT2D eigenvalue weighted by molar-refractivity contribution is -0.114. The monoisotopic (exact) mass is 335 g/mol. The topological polar surface area (TPSA) is 67.2 Å². The Balaban J connectivity index is 1.62. The van der Waals surface area contributed by atoms with Gasteiger partial charge in [0.15, 0.2) is 5.76 Å². The average molecular weight is 335 g/mol. The first-order chi connectivity index (χ1) is 12.1. The summed E-state index contributed by atoms with van der Waals surface area (Å²) in [5.41, 5.74) is 3.76. The lowest BCUT2D eigenvalue weighted by Gasteiger charge is -2.14. The number of carbonyl (C=O) groups excluding carboxylic acids is 1. The second-order valence-corrected chi connectivity index (χ2v) is 5.96. The van der Waals surface area contributed by atoms with Crippen LogP contribution in [0.25, 0.3) is 11.3 Å². The standard InChI is InChI=1S/C20H21N3O2/c1-14(17-9-6-10-18(11-17)22-15(2)24)21-13-19-12-20(25-23-19)16-7-4-3-5-8-16/h3-12,14,21H,13H2,1-2H3,(H,22,24)/t14-/m1/s1. The van der Waals surface area contributed by atoms with Crippen molar-refractivity contribution in [1.29, 1.82) is 0 Å². The normalized spacial score (nSPS) is 11.9. The third-order valence-electron chi connectivity index (χ3n) is 3.91. The lowest BCUT2D eigenvalue weighted by atomic mass is 10.1. The van der Waals surface area contributed by atoms with Gasteiger partial charge in [0, 0.05) is 36.8 Å². The molecule has 0 aliphatic heterocycles. The average Bonchev–Trinajstić information content (AvgIpc) is 3.09. The first-order valence-corrected chi connectivity index (χ1v) is 8.24. The molecule has 25 heavy (non-hydrogen) atoms. The summed E-state index contributed by atoms with van der Waals surface area (Å²) in [5, 5.41) is 10.3. The van der Waals surface area contributed by atoms with Gasteiger partial charge < -0.3 is 15.2 Å². The minimum atomic E-state index is -0.0752. The molecule has 0 spiro atoms. The summed E-state index contributed by atoms with van der Waals surface area (Å²) >= 11 is 0. The Hall–Kier alpha value is -2.92. The van der Waals surface area contributed by atoms with Crippen molar-refractivity contribution in [2.75, 3.05) is 5.32 Å². The molecule has 5 heteroatoms. The molecule has 128 valence electrons. The highest BCUT2D eigenvalue weighted by Crippen LogP contribution is 2.21. The Morgan fingerprint density at radius 3 is 2.68 bits per heavy atom. The van der Waals surface area contributed by atoms with E-state index in [0.717, 1.165) is 28.3 Å². The third-order valence-corrected chi connectivity index (χ3v) is 3.91. The number of amides is 1. The van der Waals surface area contributed by atoms with Gasteiger partial charge in [-0.25, -0.2) is 0 Å². The molecule has 2 N–H and O–H groups in total. The Kier molecular flexibility index (Phi) is 5.26. The van der Waals surface area contributed by atoms with E-state index < -0.39 is 0 Å². The number of rotatable bonds is 6. The molecule has 1 heterocycles. The minimum absolute atomic E-state index is 0.0752. The Labute approximate surface area is 147 Å². The predicted octanol–water partition coefficient (Wildman–Crippen LogP) is 4.15. The van der Waals surface area contributed by atoms with Gasteiger partial charge in [0.1, 0.15) is 0 Å². The van der Waals surface area contributed by atoms with Crippen molar-refractivity contribution in [3.8, 4) is 11.3 Å². The van der Waals surface area contributed by atoms with Crippen LogP contribution in [0, 0.1) is 0 Å². The van der Waals surface area contributed by atoms with Gasteiger partial charge >= 0.3 is 0 Å². The van der Waals surface area contributed by atoms with Crippen molar-refractivity contribution in [3.05, 3.63) is 71.9 Å². The van der Waals surface area contributed by atoms with Gasteiger partial charge in [-0.2, -0.15) is 0 Å². The van der Waals surface area contributed by atoms with Crippen LogP contribution >= 0.6 is 0 Å². The van der Waals surface area contributed by atoms with Gasteiger partial charge in [-0.3, -0.25) is 4.79 Å². The molecule has 3 aromatic rings. The number of nitrogens with zero attached hydrogens (tertiary/aromatic N) is 1. The Morgan fingerprint density at radius 1 is 1.12 bits per heavy atom. The van der Waals surface area contributed by atoms with E-state index in [-0.39, 0.29) is 11.9 Å². The summed E-state index contributed by atoms with van der Waals surface area (Å²) < 4.78 is 5.41. The molecular formula is C20H21N3O2. The molecule has 0 radical (unpaired) electrons. The van der Waals surface area contributed by atoms with Crippen LogP contribution < -0.4 is 10.6 Å². The molecule has 1 amide bonds. The fourth-order valence-electron chi connectivity index (χ4n) is 2.60. The van der Waals surface area contributed by atoms with Gasteiger partial charge in [-0.15, -0.1) is 0 Å². The van der Waals surface area contributed by atoms with Crippen molar-refractivity contribution in [2.24, 2.45) is 0 Å². The molecule has 0 saturated carbocycles. The molecule has 3 rings (SSSR count). The molecule has 0 aliphatic rings. The molecule has 1 aromatic heterocycles. The number of anilines is 1. The minimum Gasteiger partial charge on any atom is -0.356 e. The molecule has 0 bridgehead atoms. The summed E-state index contributed by atoms with van der Waals surface area (Å²) in [5.74, 6) is 0.687. The van der Waals surface area contributed by atoms with Gasteiger partial charge in [-0.1, -0.05) is 47.6 Å². The van der Waals surface area contributed by atoms with Crippen molar-refractivity contribution in [3.63, 3.8) is 0 Å². The Bertz CT molecular complexity index is 843. The van der Waals surface area contributed by atoms with Crippen LogP contribution in [0.5, 0.6) is 0 Å². The molecule has 2 aromatic carbocycles. The van der Waals surface area contributed by atoms with Crippen molar-refractivity contribution < 1.29 is 9.32 Å². The number of aromatic nitrogens is 1. The summed E-state index contributed by atoms with van der Waals surface area (Å²) in [6.45, 7) is 4.18. The quantitative estimate of drug-likeness (QED) is 0.710. The van der Waals surface area contributed by atoms with Crippen LogP contribution in [-0.4, -0.2) is 11.1 Å². The van der Waals surface area contributed by atoms with Crippen LogP contribution in [0.4, 0.5) is 5.69 Å². The number of nitrogens with one attached hydrogen (secondary N) is 2. The highest BCUT2D eigenvalue weighted by molar-refractivity contribution is 5.88. The lowest BCUT2D eigenvalue weighted by Crippen LogP contribution is -2.18. The van der Waals surface area contributed by atoms with Gasteiger partial charge in [0.25, 0.3) is 0 Å². The largest absolute Gasteiger partial charge is 0.356 e. The van der Waals surface area contributed by atoms with E-state index in [2.05, 4.69) is 22.7 Å². The van der Waals surface area contributed by atoms with Gasteiger partial charge in [0.05, 0.1) is 5.69 Å². The number of hydrogen-bond donors (Lipinski definition) is 2. The number of hydrogen-bond acceptors (Lipinski definition) is 4. The smallest absolute Gasteiger partial charge is 0.221 e. The SMILES string of the molecule is CC(=O)Nc1cccc([C@@H](C)NCc2cc(-c3ccccc3)on2)c1. The van der Waals surface area contributed by atoms with Crippen molar-refractivity contribution >= 4 is 11.6 Å². The van der Waals surface area contributed by atoms with E-state index in [4.69, 9.17) is 4.52 Å². The summed E-state index contributed by atoms with van der Waals surface area (Å²) in [4.78, 5) is 11.2. The maximum atomic E-state index is 11.2.